The van der Waals surface area contributed by atoms with Crippen molar-refractivity contribution in [2.45, 2.75) is 26.2 Å². The van der Waals surface area contributed by atoms with E-state index < -0.39 is 5.41 Å². The number of aryl methyl sites for hydroxylation is 1. The zero-order valence-electron chi connectivity index (χ0n) is 10.2. The van der Waals surface area contributed by atoms with E-state index in [4.69, 9.17) is 10.5 Å². The van der Waals surface area contributed by atoms with Crippen molar-refractivity contribution in [3.63, 3.8) is 0 Å². The van der Waals surface area contributed by atoms with Gasteiger partial charge >= 0.3 is 0 Å². The molecule has 18 heavy (non-hydrogen) atoms. The number of amides is 1. The molecule has 1 amide bonds. The summed E-state index contributed by atoms with van der Waals surface area (Å²) in [5.74, 6) is -0.255. The SMILES string of the molecule is Cc1ccc(C#N)cc1NC(=O)C1(C#N)CCC1. The first-order valence-electron chi connectivity index (χ1n) is 5.85. The normalized spacial score (nSPS) is 15.9. The average molecular weight is 239 g/mol. The summed E-state index contributed by atoms with van der Waals surface area (Å²) in [5, 5.41) is 20.7. The highest BCUT2D eigenvalue weighted by atomic mass is 16.2. The molecule has 0 aliphatic heterocycles. The Bertz CT molecular complexity index is 574. The first kappa shape index (κ1) is 12.1. The molecule has 90 valence electrons. The summed E-state index contributed by atoms with van der Waals surface area (Å²) in [4.78, 5) is 12.1. The van der Waals surface area contributed by atoms with Crippen LogP contribution in [0.2, 0.25) is 0 Å². The van der Waals surface area contributed by atoms with Crippen molar-refractivity contribution in [1.29, 1.82) is 10.5 Å². The van der Waals surface area contributed by atoms with Crippen molar-refractivity contribution in [3.05, 3.63) is 29.3 Å². The highest BCUT2D eigenvalue weighted by molar-refractivity contribution is 5.98. The van der Waals surface area contributed by atoms with E-state index in [1.807, 2.05) is 13.0 Å². The van der Waals surface area contributed by atoms with E-state index in [9.17, 15) is 4.79 Å². The topological polar surface area (TPSA) is 76.7 Å². The lowest BCUT2D eigenvalue weighted by Crippen LogP contribution is -2.40. The van der Waals surface area contributed by atoms with Gasteiger partial charge in [0, 0.05) is 5.69 Å². The minimum atomic E-state index is -0.866. The van der Waals surface area contributed by atoms with Crippen molar-refractivity contribution in [1.82, 2.24) is 0 Å². The number of anilines is 1. The second-order valence-electron chi connectivity index (χ2n) is 4.64. The number of nitriles is 2. The van der Waals surface area contributed by atoms with Crippen LogP contribution in [0.4, 0.5) is 5.69 Å². The summed E-state index contributed by atoms with van der Waals surface area (Å²) >= 11 is 0. The van der Waals surface area contributed by atoms with Gasteiger partial charge in [-0.05, 0) is 43.9 Å². The number of nitrogens with one attached hydrogen (secondary N) is 1. The van der Waals surface area contributed by atoms with Crippen LogP contribution in [0.15, 0.2) is 18.2 Å². The second kappa shape index (κ2) is 4.50. The minimum absolute atomic E-state index is 0.255. The van der Waals surface area contributed by atoms with Gasteiger partial charge in [0.2, 0.25) is 5.91 Å². The predicted octanol–water partition coefficient (Wildman–Crippen LogP) is 2.50. The maximum Gasteiger partial charge on any atom is 0.244 e. The van der Waals surface area contributed by atoms with Gasteiger partial charge in [0.25, 0.3) is 0 Å². The Balaban J connectivity index is 2.22. The molecule has 0 spiro atoms. The third kappa shape index (κ3) is 1.94. The van der Waals surface area contributed by atoms with E-state index in [0.717, 1.165) is 12.0 Å². The van der Waals surface area contributed by atoms with Gasteiger partial charge in [0.15, 0.2) is 0 Å². The van der Waals surface area contributed by atoms with E-state index in [0.29, 0.717) is 24.1 Å². The Morgan fingerprint density at radius 2 is 2.11 bits per heavy atom. The zero-order chi connectivity index (χ0) is 13.2. The van der Waals surface area contributed by atoms with Crippen molar-refractivity contribution in [3.8, 4) is 12.1 Å². The molecule has 1 N–H and O–H groups in total. The smallest absolute Gasteiger partial charge is 0.244 e. The van der Waals surface area contributed by atoms with Crippen LogP contribution in [0, 0.1) is 35.0 Å². The maximum absolute atomic E-state index is 12.1. The molecule has 0 heterocycles. The van der Waals surface area contributed by atoms with Crippen LogP contribution < -0.4 is 5.32 Å². The van der Waals surface area contributed by atoms with Gasteiger partial charge in [0.05, 0.1) is 17.7 Å². The fourth-order valence-corrected chi connectivity index (χ4v) is 1.99. The maximum atomic E-state index is 12.1. The molecule has 0 radical (unpaired) electrons. The molecule has 1 fully saturated rings. The molecule has 1 aliphatic rings. The summed E-state index contributed by atoms with van der Waals surface area (Å²) in [6.07, 6.45) is 2.15. The molecule has 0 saturated heterocycles. The zero-order valence-corrected chi connectivity index (χ0v) is 10.2. The lowest BCUT2D eigenvalue weighted by molar-refractivity contribution is -0.126. The van der Waals surface area contributed by atoms with Crippen LogP contribution in [-0.2, 0) is 4.79 Å². The van der Waals surface area contributed by atoms with Crippen LogP contribution in [0.25, 0.3) is 0 Å². The Hall–Kier alpha value is -2.33. The van der Waals surface area contributed by atoms with Crippen molar-refractivity contribution >= 4 is 11.6 Å². The number of benzene rings is 1. The van der Waals surface area contributed by atoms with Crippen LogP contribution in [0.3, 0.4) is 0 Å². The summed E-state index contributed by atoms with van der Waals surface area (Å²) in [7, 11) is 0. The number of nitrogens with zero attached hydrogens (tertiary/aromatic N) is 2. The van der Waals surface area contributed by atoms with Gasteiger partial charge in [-0.3, -0.25) is 4.79 Å². The highest BCUT2D eigenvalue weighted by Crippen LogP contribution is 2.41. The van der Waals surface area contributed by atoms with E-state index in [-0.39, 0.29) is 5.91 Å². The molecule has 1 saturated carbocycles. The lowest BCUT2D eigenvalue weighted by atomic mass is 9.69. The van der Waals surface area contributed by atoms with Crippen molar-refractivity contribution in [2.24, 2.45) is 5.41 Å². The van der Waals surface area contributed by atoms with Gasteiger partial charge in [-0.1, -0.05) is 6.07 Å². The predicted molar refractivity (Wildman–Crippen MR) is 66.4 cm³/mol. The summed E-state index contributed by atoms with van der Waals surface area (Å²) in [5.41, 5.74) is 1.13. The van der Waals surface area contributed by atoms with Crippen LogP contribution in [0.5, 0.6) is 0 Å². The molecular weight excluding hydrogens is 226 g/mol. The monoisotopic (exact) mass is 239 g/mol. The second-order valence-corrected chi connectivity index (χ2v) is 4.64. The lowest BCUT2D eigenvalue weighted by Gasteiger charge is -2.33. The summed E-state index contributed by atoms with van der Waals surface area (Å²) in [6.45, 7) is 1.86. The van der Waals surface area contributed by atoms with E-state index >= 15 is 0 Å². The van der Waals surface area contributed by atoms with E-state index in [1.54, 1.807) is 18.2 Å². The Labute approximate surface area is 106 Å². The molecule has 1 aromatic carbocycles. The average Bonchev–Trinajstić information content (AvgIpc) is 2.31. The van der Waals surface area contributed by atoms with E-state index in [1.165, 1.54) is 0 Å². The van der Waals surface area contributed by atoms with Crippen LogP contribution in [-0.4, -0.2) is 5.91 Å². The van der Waals surface area contributed by atoms with Crippen LogP contribution >= 0.6 is 0 Å². The van der Waals surface area contributed by atoms with Gasteiger partial charge in [-0.25, -0.2) is 0 Å². The fourth-order valence-electron chi connectivity index (χ4n) is 1.99. The van der Waals surface area contributed by atoms with Crippen LogP contribution in [0.1, 0.15) is 30.4 Å². The number of carbonyl (C=O) groups is 1. The summed E-state index contributed by atoms with van der Waals surface area (Å²) in [6, 6.07) is 9.26. The number of carbonyl (C=O) groups excluding carboxylic acids is 1. The molecule has 4 nitrogen and oxygen atoms in total. The number of rotatable bonds is 2. The van der Waals surface area contributed by atoms with Crippen molar-refractivity contribution in [2.75, 3.05) is 5.32 Å². The van der Waals surface area contributed by atoms with E-state index in [2.05, 4.69) is 11.4 Å². The molecular formula is C14H13N3O. The molecule has 0 bridgehead atoms. The molecule has 4 heteroatoms. The largest absolute Gasteiger partial charge is 0.324 e. The van der Waals surface area contributed by atoms with Gasteiger partial charge in [-0.2, -0.15) is 10.5 Å². The molecule has 0 aromatic heterocycles. The standard InChI is InChI=1S/C14H13N3O/c1-10-3-4-11(8-15)7-12(10)17-13(18)14(9-16)5-2-6-14/h3-4,7H,2,5-6H2,1H3,(H,17,18). The Morgan fingerprint density at radius 3 is 2.61 bits per heavy atom. The Kier molecular flexibility index (Phi) is 3.04. The van der Waals surface area contributed by atoms with Gasteiger partial charge in [-0.15, -0.1) is 0 Å². The molecule has 1 aliphatic carbocycles. The van der Waals surface area contributed by atoms with Gasteiger partial charge < -0.3 is 5.32 Å². The molecule has 0 atom stereocenters. The minimum Gasteiger partial charge on any atom is -0.324 e. The van der Waals surface area contributed by atoms with Crippen molar-refractivity contribution < 1.29 is 4.79 Å². The molecule has 0 unspecified atom stereocenters. The first-order valence-corrected chi connectivity index (χ1v) is 5.85. The van der Waals surface area contributed by atoms with Gasteiger partial charge in [0.1, 0.15) is 5.41 Å². The summed E-state index contributed by atoms with van der Waals surface area (Å²) < 4.78 is 0. The number of hydrogen-bond donors (Lipinski definition) is 1. The highest BCUT2D eigenvalue weighted by Gasteiger charge is 2.44. The molecule has 1 aromatic rings. The molecule has 2 rings (SSSR count). The fraction of sp³-hybridized carbons (Fsp3) is 0.357. The number of hydrogen-bond acceptors (Lipinski definition) is 3. The quantitative estimate of drug-likeness (QED) is 0.861. The first-order chi connectivity index (χ1) is 8.61. The third-order valence-corrected chi connectivity index (χ3v) is 3.47. The Morgan fingerprint density at radius 1 is 1.39 bits per heavy atom. The third-order valence-electron chi connectivity index (χ3n) is 3.47.